The van der Waals surface area contributed by atoms with Crippen molar-refractivity contribution in [1.82, 2.24) is 0 Å². The molecule has 0 aliphatic carbocycles. The highest BCUT2D eigenvalue weighted by atomic mass is 32.9. The fourth-order valence-electron chi connectivity index (χ4n) is 1.05. The van der Waals surface area contributed by atoms with Crippen LogP contribution in [0.3, 0.4) is 0 Å². The molecule has 3 nitrogen and oxygen atoms in total. The van der Waals surface area contributed by atoms with Gasteiger partial charge in [-0.25, -0.2) is 0 Å². The van der Waals surface area contributed by atoms with Gasteiger partial charge < -0.3 is 0 Å². The highest BCUT2D eigenvalue weighted by molar-refractivity contribution is 8.27. The molecule has 0 heterocycles. The monoisotopic (exact) mass is 226 g/mol. The van der Waals surface area contributed by atoms with Crippen LogP contribution in [-0.4, -0.2) is 15.4 Å². The molecule has 5 heteroatoms. The lowest BCUT2D eigenvalue weighted by Crippen LogP contribution is -2.03. The number of hydrogen-bond donors (Lipinski definition) is 1. The average Bonchev–Trinajstić information content (AvgIpc) is 2.01. The number of hydrogen-bond acceptors (Lipinski definition) is 3. The van der Waals surface area contributed by atoms with Crippen molar-refractivity contribution in [3.63, 3.8) is 0 Å². The van der Waals surface area contributed by atoms with E-state index in [9.17, 15) is 4.21 Å². The Labute approximate surface area is 85.6 Å². The molecule has 0 aromatic heterocycles. The first-order valence-electron chi connectivity index (χ1n) is 4.68. The maximum absolute atomic E-state index is 10.5. The zero-order valence-electron chi connectivity index (χ0n) is 8.03. The summed E-state index contributed by atoms with van der Waals surface area (Å²) in [4.78, 5) is 0. The van der Waals surface area contributed by atoms with Crippen LogP contribution >= 0.6 is 0 Å². The Morgan fingerprint density at radius 1 is 1.23 bits per heavy atom. The largest absolute Gasteiger partial charge is 0.285 e. The Bertz CT molecular complexity index is 199. The number of unbranched alkanes of at least 4 members (excludes halogenated alkanes) is 5. The van der Waals surface area contributed by atoms with E-state index in [-0.39, 0.29) is 0 Å². The van der Waals surface area contributed by atoms with E-state index in [1.54, 1.807) is 0 Å². The summed E-state index contributed by atoms with van der Waals surface area (Å²) in [5, 5.41) is 0. The predicted molar refractivity (Wildman–Crippen MR) is 57.5 cm³/mol. The Balaban J connectivity index is 3.09. The molecule has 0 spiro atoms. The molecule has 0 rings (SSSR count). The second kappa shape index (κ2) is 7.67. The van der Waals surface area contributed by atoms with Crippen LogP contribution in [0, 0.1) is 0 Å². The first-order valence-corrected chi connectivity index (χ1v) is 7.04. The van der Waals surface area contributed by atoms with Crippen LogP contribution in [0.25, 0.3) is 0 Å². The van der Waals surface area contributed by atoms with Gasteiger partial charge in [-0.1, -0.05) is 39.0 Å². The number of rotatable bonds is 8. The van der Waals surface area contributed by atoms with E-state index < -0.39 is 9.05 Å². The average molecular weight is 226 g/mol. The van der Waals surface area contributed by atoms with Crippen LogP contribution < -0.4 is 0 Å². The van der Waals surface area contributed by atoms with Gasteiger partial charge >= 0.3 is 0 Å². The van der Waals surface area contributed by atoms with Crippen molar-refractivity contribution in [2.24, 2.45) is 0 Å². The molecule has 0 aromatic rings. The summed E-state index contributed by atoms with van der Waals surface area (Å²) in [5.41, 5.74) is 0. The predicted octanol–water partition coefficient (Wildman–Crippen LogP) is 2.50. The zero-order valence-corrected chi connectivity index (χ0v) is 9.66. The quantitative estimate of drug-likeness (QED) is 0.646. The minimum absolute atomic E-state index is 0.297. The van der Waals surface area contributed by atoms with Crippen molar-refractivity contribution in [3.8, 4) is 0 Å². The van der Waals surface area contributed by atoms with Crippen molar-refractivity contribution in [3.05, 3.63) is 0 Å². The molecule has 0 radical (unpaired) electrons. The van der Waals surface area contributed by atoms with Crippen LogP contribution in [0.2, 0.25) is 0 Å². The third-order valence-electron chi connectivity index (χ3n) is 1.73. The van der Waals surface area contributed by atoms with Gasteiger partial charge in [0.15, 0.2) is 0 Å². The summed E-state index contributed by atoms with van der Waals surface area (Å²) in [6.07, 6.45) is 6.76. The van der Waals surface area contributed by atoms with Crippen LogP contribution in [-0.2, 0) is 24.4 Å². The van der Waals surface area contributed by atoms with Gasteiger partial charge in [-0.3, -0.25) is 8.74 Å². The van der Waals surface area contributed by atoms with Crippen LogP contribution in [0.1, 0.15) is 45.4 Å². The highest BCUT2D eigenvalue weighted by Crippen LogP contribution is 2.05. The van der Waals surface area contributed by atoms with Gasteiger partial charge in [-0.2, -0.15) is 4.21 Å². The van der Waals surface area contributed by atoms with Crippen molar-refractivity contribution in [1.29, 1.82) is 0 Å². The lowest BCUT2D eigenvalue weighted by molar-refractivity contribution is 0.294. The summed E-state index contributed by atoms with van der Waals surface area (Å²) in [6, 6.07) is 0. The van der Waals surface area contributed by atoms with Crippen molar-refractivity contribution >= 4 is 20.2 Å². The molecule has 0 aliphatic rings. The second-order valence-corrected chi connectivity index (χ2v) is 5.37. The summed E-state index contributed by atoms with van der Waals surface area (Å²) in [7, 11) is -3.39. The molecule has 0 saturated heterocycles. The molecule has 1 unspecified atom stereocenters. The van der Waals surface area contributed by atoms with Crippen LogP contribution in [0.15, 0.2) is 0 Å². The third-order valence-corrected chi connectivity index (χ3v) is 2.48. The molecule has 0 amide bonds. The fraction of sp³-hybridized carbons (Fsp3) is 1.00. The van der Waals surface area contributed by atoms with Crippen molar-refractivity contribution in [2.45, 2.75) is 45.4 Å². The van der Waals surface area contributed by atoms with Crippen molar-refractivity contribution in [2.75, 3.05) is 6.61 Å². The lowest BCUT2D eigenvalue weighted by Gasteiger charge is -2.01. The van der Waals surface area contributed by atoms with E-state index in [1.165, 1.54) is 25.7 Å². The Morgan fingerprint density at radius 2 is 1.77 bits per heavy atom. The Hall–Kier alpha value is 0.290. The van der Waals surface area contributed by atoms with Crippen molar-refractivity contribution < 1.29 is 12.9 Å². The first kappa shape index (κ1) is 13.3. The van der Waals surface area contributed by atoms with Gasteiger partial charge in [0.2, 0.25) is 0 Å². The SMILES string of the molecule is CCCCCCCCOS(=O)(O)=S. The molecule has 0 aromatic carbocycles. The highest BCUT2D eigenvalue weighted by Gasteiger charge is 1.98. The molecular formula is C8H18O3S2. The minimum Gasteiger partial charge on any atom is -0.285 e. The second-order valence-electron chi connectivity index (χ2n) is 3.02. The van der Waals surface area contributed by atoms with Crippen LogP contribution in [0.5, 0.6) is 0 Å². The summed E-state index contributed by atoms with van der Waals surface area (Å²) in [6.45, 7) is 2.46. The molecule has 0 aliphatic heterocycles. The molecular weight excluding hydrogens is 208 g/mol. The molecule has 1 atom stereocenters. The normalized spacial score (nSPS) is 15.5. The standard InChI is InChI=1S/C8H18O3S2/c1-2-3-4-5-6-7-8-11-13(9,10)12/h2-8H2,1H3,(H,9,10,12). The Kier molecular flexibility index (Phi) is 7.84. The summed E-state index contributed by atoms with van der Waals surface area (Å²) in [5.74, 6) is 0. The molecule has 0 fully saturated rings. The topological polar surface area (TPSA) is 46.5 Å². The minimum atomic E-state index is -3.39. The summed E-state index contributed by atoms with van der Waals surface area (Å²) < 4.78 is 23.6. The van der Waals surface area contributed by atoms with E-state index >= 15 is 0 Å². The molecule has 0 saturated carbocycles. The zero-order chi connectivity index (χ0) is 10.2. The smallest absolute Gasteiger partial charge is 0.266 e. The van der Waals surface area contributed by atoms with Gasteiger partial charge in [-0.15, -0.1) is 0 Å². The lowest BCUT2D eigenvalue weighted by atomic mass is 10.1. The van der Waals surface area contributed by atoms with E-state index in [0.717, 1.165) is 12.8 Å². The maximum atomic E-state index is 10.5. The van der Waals surface area contributed by atoms with Gasteiger partial charge in [0.05, 0.1) is 6.61 Å². The van der Waals surface area contributed by atoms with E-state index in [1.807, 2.05) is 0 Å². The van der Waals surface area contributed by atoms with E-state index in [4.69, 9.17) is 4.55 Å². The van der Waals surface area contributed by atoms with Gasteiger partial charge in [0.1, 0.15) is 0 Å². The summed E-state index contributed by atoms with van der Waals surface area (Å²) >= 11 is 4.17. The molecule has 80 valence electrons. The molecule has 13 heavy (non-hydrogen) atoms. The van der Waals surface area contributed by atoms with Gasteiger partial charge in [0.25, 0.3) is 9.05 Å². The molecule has 1 N–H and O–H groups in total. The van der Waals surface area contributed by atoms with E-state index in [2.05, 4.69) is 22.3 Å². The van der Waals surface area contributed by atoms with Gasteiger partial charge in [0, 0.05) is 11.2 Å². The van der Waals surface area contributed by atoms with Crippen LogP contribution in [0.4, 0.5) is 0 Å². The Morgan fingerprint density at radius 3 is 2.31 bits per heavy atom. The molecule has 0 bridgehead atoms. The third kappa shape index (κ3) is 12.3. The fourth-order valence-corrected chi connectivity index (χ4v) is 1.58. The van der Waals surface area contributed by atoms with Gasteiger partial charge in [-0.05, 0) is 6.42 Å². The first-order chi connectivity index (χ1) is 6.06. The van der Waals surface area contributed by atoms with E-state index in [0.29, 0.717) is 6.61 Å². The maximum Gasteiger partial charge on any atom is 0.266 e.